The lowest BCUT2D eigenvalue weighted by molar-refractivity contribution is -0.144. The fourth-order valence-corrected chi connectivity index (χ4v) is 5.44. The van der Waals surface area contributed by atoms with Gasteiger partial charge in [-0.2, -0.15) is 17.0 Å². The van der Waals surface area contributed by atoms with E-state index in [9.17, 15) is 18.3 Å². The van der Waals surface area contributed by atoms with Gasteiger partial charge in [-0.25, -0.2) is 0 Å². The fraction of sp³-hybridized carbons (Fsp3) is 0.929. The van der Waals surface area contributed by atoms with Crippen LogP contribution >= 0.6 is 0 Å². The first kappa shape index (κ1) is 16.7. The van der Waals surface area contributed by atoms with Gasteiger partial charge in [0, 0.05) is 19.6 Å². The zero-order valence-electron chi connectivity index (χ0n) is 12.9. The maximum absolute atomic E-state index is 12.8. The molecule has 0 aromatic rings. The van der Waals surface area contributed by atoms with Crippen LogP contribution in [0, 0.1) is 5.92 Å². The Morgan fingerprint density at radius 3 is 2.33 bits per heavy atom. The highest BCUT2D eigenvalue weighted by atomic mass is 32.2. The minimum absolute atomic E-state index is 0.00966. The molecule has 2 aliphatic rings. The molecule has 7 heteroatoms. The van der Waals surface area contributed by atoms with E-state index >= 15 is 0 Å². The van der Waals surface area contributed by atoms with Gasteiger partial charge < -0.3 is 5.11 Å². The van der Waals surface area contributed by atoms with Crippen molar-refractivity contribution in [3.63, 3.8) is 0 Å². The van der Waals surface area contributed by atoms with Crippen LogP contribution in [0.3, 0.4) is 0 Å². The molecular formula is C14H26N2O4S. The predicted molar refractivity (Wildman–Crippen MR) is 80.1 cm³/mol. The average molecular weight is 318 g/mol. The molecule has 1 N–H and O–H groups in total. The highest BCUT2D eigenvalue weighted by molar-refractivity contribution is 7.86. The van der Waals surface area contributed by atoms with E-state index < -0.39 is 22.2 Å². The number of rotatable bonds is 4. The topological polar surface area (TPSA) is 77.9 Å². The third-order valence-electron chi connectivity index (χ3n) is 4.89. The SMILES string of the molecule is CC1CCCN(S(=O)(=O)N(C)C2CCCCC2)C1C(=O)O. The van der Waals surface area contributed by atoms with E-state index in [1.807, 2.05) is 6.92 Å². The van der Waals surface area contributed by atoms with E-state index in [2.05, 4.69) is 0 Å². The first-order valence-electron chi connectivity index (χ1n) is 7.83. The van der Waals surface area contributed by atoms with Crippen molar-refractivity contribution in [3.05, 3.63) is 0 Å². The second-order valence-corrected chi connectivity index (χ2v) is 8.27. The van der Waals surface area contributed by atoms with Crippen LogP contribution in [0.5, 0.6) is 0 Å². The molecule has 1 saturated heterocycles. The number of aliphatic carboxylic acids is 1. The fourth-order valence-electron chi connectivity index (χ4n) is 3.57. The van der Waals surface area contributed by atoms with Crippen molar-refractivity contribution in [2.45, 2.75) is 64.0 Å². The predicted octanol–water partition coefficient (Wildman–Crippen LogP) is 1.68. The van der Waals surface area contributed by atoms with Crippen LogP contribution in [0.4, 0.5) is 0 Å². The quantitative estimate of drug-likeness (QED) is 0.855. The number of carboxylic acids is 1. The van der Waals surface area contributed by atoms with E-state index in [0.29, 0.717) is 6.54 Å². The summed E-state index contributed by atoms with van der Waals surface area (Å²) in [6, 6.07) is -0.926. The van der Waals surface area contributed by atoms with Crippen LogP contribution in [0.25, 0.3) is 0 Å². The van der Waals surface area contributed by atoms with Gasteiger partial charge in [0.05, 0.1) is 0 Å². The van der Waals surface area contributed by atoms with Gasteiger partial charge in [-0.1, -0.05) is 26.2 Å². The number of piperidine rings is 1. The monoisotopic (exact) mass is 318 g/mol. The van der Waals surface area contributed by atoms with E-state index in [4.69, 9.17) is 0 Å². The minimum Gasteiger partial charge on any atom is -0.480 e. The normalized spacial score (nSPS) is 29.7. The number of carboxylic acid groups (broad SMARTS) is 1. The molecule has 1 aliphatic carbocycles. The van der Waals surface area contributed by atoms with Gasteiger partial charge in [0.25, 0.3) is 10.2 Å². The summed E-state index contributed by atoms with van der Waals surface area (Å²) in [4.78, 5) is 11.5. The largest absolute Gasteiger partial charge is 0.480 e. The molecule has 0 spiro atoms. The van der Waals surface area contributed by atoms with Gasteiger partial charge in [0.1, 0.15) is 6.04 Å². The number of hydrogen-bond donors (Lipinski definition) is 1. The van der Waals surface area contributed by atoms with Crippen molar-refractivity contribution in [1.82, 2.24) is 8.61 Å². The van der Waals surface area contributed by atoms with Gasteiger partial charge >= 0.3 is 5.97 Å². The van der Waals surface area contributed by atoms with E-state index in [-0.39, 0.29) is 12.0 Å². The van der Waals surface area contributed by atoms with E-state index in [1.54, 1.807) is 7.05 Å². The van der Waals surface area contributed by atoms with Gasteiger partial charge in [-0.15, -0.1) is 0 Å². The molecule has 21 heavy (non-hydrogen) atoms. The van der Waals surface area contributed by atoms with Crippen LogP contribution in [0.1, 0.15) is 51.9 Å². The highest BCUT2D eigenvalue weighted by Crippen LogP contribution is 2.30. The molecule has 0 radical (unpaired) electrons. The first-order chi connectivity index (χ1) is 9.85. The maximum atomic E-state index is 12.8. The summed E-state index contributed by atoms with van der Waals surface area (Å²) in [5, 5.41) is 9.41. The summed E-state index contributed by atoms with van der Waals surface area (Å²) in [5.41, 5.74) is 0. The van der Waals surface area contributed by atoms with Gasteiger partial charge in [-0.05, 0) is 31.6 Å². The van der Waals surface area contributed by atoms with Gasteiger partial charge in [0.15, 0.2) is 0 Å². The Hall–Kier alpha value is -0.660. The number of hydrogen-bond acceptors (Lipinski definition) is 3. The molecule has 2 atom stereocenters. The van der Waals surface area contributed by atoms with Crippen LogP contribution < -0.4 is 0 Å². The van der Waals surface area contributed by atoms with Crippen LogP contribution in [-0.2, 0) is 15.0 Å². The Bertz CT molecular complexity index is 473. The summed E-state index contributed by atoms with van der Waals surface area (Å²) in [6.45, 7) is 2.13. The number of carbonyl (C=O) groups is 1. The molecule has 0 aromatic heterocycles. The van der Waals surface area contributed by atoms with Crippen molar-refractivity contribution in [3.8, 4) is 0 Å². The summed E-state index contributed by atoms with van der Waals surface area (Å²) in [5.74, 6) is -1.19. The molecule has 0 bridgehead atoms. The van der Waals surface area contributed by atoms with Crippen molar-refractivity contribution >= 4 is 16.2 Å². The zero-order valence-corrected chi connectivity index (χ0v) is 13.7. The summed E-state index contributed by atoms with van der Waals surface area (Å²) in [7, 11) is -2.10. The molecule has 1 aliphatic heterocycles. The van der Waals surface area contributed by atoms with Gasteiger partial charge in [0.2, 0.25) is 0 Å². The Kier molecular flexibility index (Phi) is 5.27. The molecule has 6 nitrogen and oxygen atoms in total. The van der Waals surface area contributed by atoms with Crippen molar-refractivity contribution < 1.29 is 18.3 Å². The summed E-state index contributed by atoms with van der Waals surface area (Å²) in [6.07, 6.45) is 6.47. The van der Waals surface area contributed by atoms with Crippen molar-refractivity contribution in [2.75, 3.05) is 13.6 Å². The van der Waals surface area contributed by atoms with Crippen LogP contribution in [0.15, 0.2) is 0 Å². The lowest BCUT2D eigenvalue weighted by Gasteiger charge is -2.40. The third-order valence-corrected chi connectivity index (χ3v) is 6.92. The van der Waals surface area contributed by atoms with Gasteiger partial charge in [-0.3, -0.25) is 4.79 Å². The molecule has 0 amide bonds. The molecule has 2 unspecified atom stereocenters. The molecule has 1 heterocycles. The Balaban J connectivity index is 2.21. The standard InChI is InChI=1S/C14H26N2O4S/c1-11-7-6-10-16(13(11)14(17)18)21(19,20)15(2)12-8-4-3-5-9-12/h11-13H,3-10H2,1-2H3,(H,17,18). The molecule has 2 fully saturated rings. The third kappa shape index (κ3) is 3.40. The molecular weight excluding hydrogens is 292 g/mol. The van der Waals surface area contributed by atoms with E-state index in [1.165, 1.54) is 8.61 Å². The molecule has 1 saturated carbocycles. The maximum Gasteiger partial charge on any atom is 0.322 e. The lowest BCUT2D eigenvalue weighted by atomic mass is 9.93. The molecule has 122 valence electrons. The Morgan fingerprint density at radius 1 is 1.14 bits per heavy atom. The lowest BCUT2D eigenvalue weighted by Crippen LogP contribution is -2.57. The van der Waals surface area contributed by atoms with Crippen LogP contribution in [-0.4, -0.2) is 53.8 Å². The Morgan fingerprint density at radius 2 is 1.76 bits per heavy atom. The van der Waals surface area contributed by atoms with Crippen molar-refractivity contribution in [1.29, 1.82) is 0 Å². The van der Waals surface area contributed by atoms with E-state index in [0.717, 1.165) is 44.9 Å². The smallest absolute Gasteiger partial charge is 0.322 e. The van der Waals surface area contributed by atoms with Crippen molar-refractivity contribution in [2.24, 2.45) is 5.92 Å². The second kappa shape index (κ2) is 6.62. The van der Waals surface area contributed by atoms with Crippen LogP contribution in [0.2, 0.25) is 0 Å². The average Bonchev–Trinajstić information content (AvgIpc) is 2.46. The highest BCUT2D eigenvalue weighted by Gasteiger charge is 2.43. The molecule has 2 rings (SSSR count). The molecule has 0 aromatic carbocycles. The Labute approximate surface area is 127 Å². The summed E-state index contributed by atoms with van der Waals surface area (Å²) >= 11 is 0. The first-order valence-corrected chi connectivity index (χ1v) is 9.23. The second-order valence-electron chi connectivity index (χ2n) is 6.33. The summed E-state index contributed by atoms with van der Waals surface area (Å²) < 4.78 is 28.3. The zero-order chi connectivity index (χ0) is 15.6. The number of nitrogens with zero attached hydrogens (tertiary/aromatic N) is 2. The minimum atomic E-state index is -3.70.